The molecule has 1 atom stereocenters. The lowest BCUT2D eigenvalue weighted by Crippen LogP contribution is -2.44. The van der Waals surface area contributed by atoms with Gasteiger partial charge in [0.15, 0.2) is 5.65 Å². The average molecular weight is 377 g/mol. The van der Waals surface area contributed by atoms with Crippen LogP contribution >= 0.6 is 15.9 Å². The second-order valence-electron chi connectivity index (χ2n) is 5.68. The summed E-state index contributed by atoms with van der Waals surface area (Å²) < 4.78 is 10.1. The molecule has 4 heterocycles. The third kappa shape index (κ3) is 2.42. The summed E-state index contributed by atoms with van der Waals surface area (Å²) in [5.41, 5.74) is 2.77. The van der Waals surface area contributed by atoms with E-state index in [1.165, 1.54) is 0 Å². The topological polar surface area (TPSA) is 60.5 Å². The Labute approximate surface area is 142 Å². The molecule has 0 aliphatic carbocycles. The number of hydrogen-bond donors (Lipinski definition) is 0. The first kappa shape index (κ1) is 14.6. The van der Waals surface area contributed by atoms with E-state index in [0.717, 1.165) is 40.5 Å². The van der Waals surface area contributed by atoms with Gasteiger partial charge in [-0.05, 0) is 28.9 Å². The van der Waals surface area contributed by atoms with Gasteiger partial charge in [0, 0.05) is 25.9 Å². The number of rotatable bonds is 2. The number of fused-ring (bicyclic) bond motifs is 1. The number of nitrogens with zero attached hydrogens (tertiary/aromatic N) is 6. The summed E-state index contributed by atoms with van der Waals surface area (Å²) >= 11 is 3.54. The number of morpholine rings is 1. The molecule has 0 bridgehead atoms. The fraction of sp³-hybridized carbons (Fsp3) is 0.400. The quantitative estimate of drug-likeness (QED) is 0.685. The highest BCUT2D eigenvalue weighted by Gasteiger charge is 2.23. The van der Waals surface area contributed by atoms with Crippen molar-refractivity contribution < 1.29 is 4.74 Å². The Kier molecular flexibility index (Phi) is 3.57. The highest BCUT2D eigenvalue weighted by atomic mass is 79.9. The number of aromatic nitrogens is 5. The van der Waals surface area contributed by atoms with Crippen molar-refractivity contribution >= 4 is 27.4 Å². The van der Waals surface area contributed by atoms with Crippen LogP contribution in [-0.4, -0.2) is 50.2 Å². The van der Waals surface area contributed by atoms with Crippen molar-refractivity contribution in [3.63, 3.8) is 0 Å². The van der Waals surface area contributed by atoms with E-state index in [1.807, 2.05) is 22.3 Å². The number of hydrogen-bond acceptors (Lipinski definition) is 5. The number of ether oxygens (including phenoxy) is 1. The van der Waals surface area contributed by atoms with Gasteiger partial charge in [-0.1, -0.05) is 0 Å². The van der Waals surface area contributed by atoms with Crippen molar-refractivity contribution in [1.29, 1.82) is 0 Å². The van der Waals surface area contributed by atoms with Crippen molar-refractivity contribution in [3.05, 3.63) is 29.0 Å². The number of anilines is 1. The van der Waals surface area contributed by atoms with Crippen molar-refractivity contribution in [2.75, 3.05) is 24.7 Å². The van der Waals surface area contributed by atoms with Crippen LogP contribution in [0.15, 0.2) is 29.0 Å². The van der Waals surface area contributed by atoms with E-state index in [4.69, 9.17) is 9.72 Å². The monoisotopic (exact) mass is 376 g/mol. The van der Waals surface area contributed by atoms with E-state index in [-0.39, 0.29) is 0 Å². The third-order valence-electron chi connectivity index (χ3n) is 4.16. The molecule has 3 aromatic rings. The highest BCUT2D eigenvalue weighted by molar-refractivity contribution is 9.10. The summed E-state index contributed by atoms with van der Waals surface area (Å²) in [7, 11) is 1.93. The summed E-state index contributed by atoms with van der Waals surface area (Å²) in [5, 5.41) is 8.72. The smallest absolute Gasteiger partial charge is 0.172 e. The SMILES string of the molecule is C[C@@H]1COCCN1c1cc(-c2ccnn2C)n2ncc(Br)c2n1. The molecule has 0 aromatic carbocycles. The van der Waals surface area contributed by atoms with Crippen LogP contribution in [0.5, 0.6) is 0 Å². The van der Waals surface area contributed by atoms with Gasteiger partial charge in [-0.2, -0.15) is 10.2 Å². The van der Waals surface area contributed by atoms with Gasteiger partial charge in [0.25, 0.3) is 0 Å². The molecule has 0 N–H and O–H groups in total. The molecule has 1 aliphatic heterocycles. The molecule has 0 saturated carbocycles. The lowest BCUT2D eigenvalue weighted by molar-refractivity contribution is 0.0985. The van der Waals surface area contributed by atoms with Gasteiger partial charge in [-0.15, -0.1) is 0 Å². The zero-order valence-electron chi connectivity index (χ0n) is 13.0. The molecule has 4 rings (SSSR count). The molecule has 0 unspecified atom stereocenters. The molecule has 1 fully saturated rings. The van der Waals surface area contributed by atoms with Gasteiger partial charge >= 0.3 is 0 Å². The molecule has 0 spiro atoms. The van der Waals surface area contributed by atoms with Gasteiger partial charge in [0.2, 0.25) is 0 Å². The Morgan fingerprint density at radius 3 is 2.91 bits per heavy atom. The van der Waals surface area contributed by atoms with Gasteiger partial charge in [-0.25, -0.2) is 9.50 Å². The molecule has 1 saturated heterocycles. The summed E-state index contributed by atoms with van der Waals surface area (Å²) in [6.45, 7) is 4.42. The Balaban J connectivity index is 1.93. The molecular weight excluding hydrogens is 360 g/mol. The zero-order valence-corrected chi connectivity index (χ0v) is 14.6. The number of halogens is 1. The van der Waals surface area contributed by atoms with Gasteiger partial charge < -0.3 is 9.64 Å². The minimum absolute atomic E-state index is 0.291. The summed E-state index contributed by atoms with van der Waals surface area (Å²) in [6, 6.07) is 4.35. The molecule has 0 radical (unpaired) electrons. The first-order chi connectivity index (χ1) is 11.1. The predicted molar refractivity (Wildman–Crippen MR) is 90.5 cm³/mol. The normalized spacial score (nSPS) is 18.7. The lowest BCUT2D eigenvalue weighted by Gasteiger charge is -2.34. The van der Waals surface area contributed by atoms with E-state index in [0.29, 0.717) is 12.6 Å². The van der Waals surface area contributed by atoms with Crippen molar-refractivity contribution in [2.24, 2.45) is 7.05 Å². The molecule has 7 nitrogen and oxygen atoms in total. The van der Waals surface area contributed by atoms with Gasteiger partial charge in [0.1, 0.15) is 5.82 Å². The fourth-order valence-corrected chi connectivity index (χ4v) is 3.29. The Morgan fingerprint density at radius 2 is 2.17 bits per heavy atom. The second kappa shape index (κ2) is 5.61. The number of aryl methyl sites for hydroxylation is 1. The van der Waals surface area contributed by atoms with E-state index >= 15 is 0 Å². The average Bonchev–Trinajstić information content (AvgIpc) is 3.14. The van der Waals surface area contributed by atoms with Crippen LogP contribution in [-0.2, 0) is 11.8 Å². The maximum Gasteiger partial charge on any atom is 0.172 e. The Hall–Kier alpha value is -1.93. The van der Waals surface area contributed by atoms with Crippen LogP contribution in [0.2, 0.25) is 0 Å². The highest BCUT2D eigenvalue weighted by Crippen LogP contribution is 2.28. The second-order valence-corrected chi connectivity index (χ2v) is 6.54. The molecule has 120 valence electrons. The molecular formula is C15H17BrN6O. The van der Waals surface area contributed by atoms with Crippen molar-refractivity contribution in [2.45, 2.75) is 13.0 Å². The van der Waals surface area contributed by atoms with E-state index in [9.17, 15) is 0 Å². The summed E-state index contributed by atoms with van der Waals surface area (Å²) in [4.78, 5) is 7.08. The summed E-state index contributed by atoms with van der Waals surface area (Å²) in [6.07, 6.45) is 3.56. The van der Waals surface area contributed by atoms with E-state index < -0.39 is 0 Å². The third-order valence-corrected chi connectivity index (χ3v) is 4.72. The minimum Gasteiger partial charge on any atom is -0.377 e. The van der Waals surface area contributed by atoms with Crippen LogP contribution in [0.3, 0.4) is 0 Å². The van der Waals surface area contributed by atoms with E-state index in [1.54, 1.807) is 12.4 Å². The maximum absolute atomic E-state index is 5.54. The molecule has 1 aliphatic rings. The summed E-state index contributed by atoms with van der Waals surface area (Å²) in [5.74, 6) is 0.936. The standard InChI is InChI=1S/C15H17BrN6O/c1-10-9-23-6-5-21(10)14-7-13(12-3-4-17-20(12)2)22-15(19-14)11(16)8-18-22/h3-4,7-8,10H,5-6,9H2,1-2H3/t10-/m1/s1. The van der Waals surface area contributed by atoms with Crippen molar-refractivity contribution in [1.82, 2.24) is 24.4 Å². The fourth-order valence-electron chi connectivity index (χ4n) is 2.95. The predicted octanol–water partition coefficient (Wildman–Crippen LogP) is 2.12. The van der Waals surface area contributed by atoms with Crippen LogP contribution in [0.4, 0.5) is 5.82 Å². The molecule has 8 heteroatoms. The zero-order chi connectivity index (χ0) is 16.0. The van der Waals surface area contributed by atoms with Crippen LogP contribution in [0, 0.1) is 0 Å². The first-order valence-corrected chi connectivity index (χ1v) is 8.31. The van der Waals surface area contributed by atoms with Gasteiger partial charge in [0.05, 0.1) is 41.3 Å². The minimum atomic E-state index is 0.291. The van der Waals surface area contributed by atoms with Crippen molar-refractivity contribution in [3.8, 4) is 11.4 Å². The Bertz CT molecular complexity index is 857. The Morgan fingerprint density at radius 1 is 1.30 bits per heavy atom. The molecule has 3 aromatic heterocycles. The molecule has 0 amide bonds. The van der Waals surface area contributed by atoms with E-state index in [2.05, 4.69) is 44.0 Å². The largest absolute Gasteiger partial charge is 0.377 e. The lowest BCUT2D eigenvalue weighted by atomic mass is 10.2. The molecule has 23 heavy (non-hydrogen) atoms. The van der Waals surface area contributed by atoms with Crippen LogP contribution < -0.4 is 4.90 Å². The maximum atomic E-state index is 5.54. The van der Waals surface area contributed by atoms with Gasteiger partial charge in [-0.3, -0.25) is 4.68 Å². The first-order valence-electron chi connectivity index (χ1n) is 7.52. The van der Waals surface area contributed by atoms with Crippen LogP contribution in [0.1, 0.15) is 6.92 Å². The van der Waals surface area contributed by atoms with Crippen LogP contribution in [0.25, 0.3) is 17.0 Å².